The van der Waals surface area contributed by atoms with Crippen molar-refractivity contribution in [2.45, 2.75) is 0 Å². The Morgan fingerprint density at radius 3 is 1.52 bits per heavy atom. The maximum absolute atomic E-state index is 4.58. The van der Waals surface area contributed by atoms with Gasteiger partial charge in [-0.15, -0.1) is 34.0 Å². The standard InChI is InChI=1S/C24H12N4S3/c1-3-13(21-15(5-1)25-7-9-27-21)17-11-19-23(30-17)24-20(29-19)12-18(31-24)14-4-2-6-16-22(14)28-10-8-26-16/h1-12H. The highest BCUT2D eigenvalue weighted by Crippen LogP contribution is 2.48. The lowest BCUT2D eigenvalue weighted by Gasteiger charge is -2.01. The van der Waals surface area contributed by atoms with E-state index in [2.05, 4.69) is 56.3 Å². The number of para-hydroxylation sites is 2. The van der Waals surface area contributed by atoms with Crippen molar-refractivity contribution < 1.29 is 0 Å². The van der Waals surface area contributed by atoms with Gasteiger partial charge in [-0.2, -0.15) is 0 Å². The largest absolute Gasteiger partial charge is 0.253 e. The van der Waals surface area contributed by atoms with Gasteiger partial charge in [-0.25, -0.2) is 0 Å². The van der Waals surface area contributed by atoms with E-state index >= 15 is 0 Å². The minimum atomic E-state index is 0.928. The Hall–Kier alpha value is -3.26. The number of hydrogen-bond acceptors (Lipinski definition) is 7. The van der Waals surface area contributed by atoms with E-state index < -0.39 is 0 Å². The average Bonchev–Trinajstić information content (AvgIpc) is 3.49. The van der Waals surface area contributed by atoms with Crippen molar-refractivity contribution in [3.05, 3.63) is 73.3 Å². The molecule has 0 aliphatic heterocycles. The maximum Gasteiger partial charge on any atom is 0.0973 e. The molecule has 0 aliphatic carbocycles. The number of aromatic nitrogens is 4. The molecule has 0 aliphatic rings. The number of rotatable bonds is 2. The van der Waals surface area contributed by atoms with Gasteiger partial charge < -0.3 is 0 Å². The second-order valence-electron chi connectivity index (χ2n) is 7.17. The summed E-state index contributed by atoms with van der Waals surface area (Å²) < 4.78 is 5.34. The zero-order valence-corrected chi connectivity index (χ0v) is 18.4. The lowest BCUT2D eigenvalue weighted by molar-refractivity contribution is 1.30. The Labute approximate surface area is 188 Å². The van der Waals surface area contributed by atoms with Gasteiger partial charge in [0.05, 0.1) is 31.5 Å². The van der Waals surface area contributed by atoms with Gasteiger partial charge in [0.1, 0.15) is 0 Å². The molecule has 0 spiro atoms. The van der Waals surface area contributed by atoms with Crippen LogP contribution in [0.4, 0.5) is 0 Å². The molecule has 31 heavy (non-hydrogen) atoms. The molecule has 0 atom stereocenters. The van der Waals surface area contributed by atoms with Crippen LogP contribution in [0.5, 0.6) is 0 Å². The fraction of sp³-hybridized carbons (Fsp3) is 0. The summed E-state index contributed by atoms with van der Waals surface area (Å²) in [6.07, 6.45) is 7.01. The third kappa shape index (κ3) is 2.64. The number of fused-ring (bicyclic) bond motifs is 5. The third-order valence-corrected chi connectivity index (χ3v) is 9.19. The summed E-state index contributed by atoms with van der Waals surface area (Å²) in [5, 5.41) is 0. The predicted molar refractivity (Wildman–Crippen MR) is 132 cm³/mol. The maximum atomic E-state index is 4.58. The van der Waals surface area contributed by atoms with Crippen molar-refractivity contribution in [2.75, 3.05) is 0 Å². The Kier molecular flexibility index (Phi) is 3.72. The van der Waals surface area contributed by atoms with Crippen molar-refractivity contribution >= 4 is 74.9 Å². The highest BCUT2D eigenvalue weighted by atomic mass is 32.1. The highest BCUT2D eigenvalue weighted by molar-refractivity contribution is 7.40. The molecule has 5 aromatic heterocycles. The van der Waals surface area contributed by atoms with Gasteiger partial charge in [0.2, 0.25) is 0 Å². The summed E-state index contributed by atoms with van der Waals surface area (Å²) >= 11 is 5.53. The van der Waals surface area contributed by atoms with E-state index in [-0.39, 0.29) is 0 Å². The van der Waals surface area contributed by atoms with E-state index in [1.165, 1.54) is 28.6 Å². The van der Waals surface area contributed by atoms with Crippen LogP contribution in [0.2, 0.25) is 0 Å². The zero-order chi connectivity index (χ0) is 20.4. The molecule has 146 valence electrons. The quantitative estimate of drug-likeness (QED) is 0.274. The molecule has 0 fully saturated rings. The lowest BCUT2D eigenvalue weighted by atomic mass is 10.1. The molecule has 7 aromatic rings. The second kappa shape index (κ2) is 6.62. The van der Waals surface area contributed by atoms with Gasteiger partial charge >= 0.3 is 0 Å². The topological polar surface area (TPSA) is 51.6 Å². The number of hydrogen-bond donors (Lipinski definition) is 0. The molecule has 2 aromatic carbocycles. The molecular formula is C24H12N4S3. The molecule has 0 N–H and O–H groups in total. The molecule has 4 nitrogen and oxygen atoms in total. The molecule has 0 saturated heterocycles. The van der Waals surface area contributed by atoms with Gasteiger partial charge in [-0.05, 0) is 24.3 Å². The van der Waals surface area contributed by atoms with E-state index in [1.807, 2.05) is 46.1 Å². The van der Waals surface area contributed by atoms with E-state index in [4.69, 9.17) is 0 Å². The summed E-state index contributed by atoms with van der Waals surface area (Å²) in [6, 6.07) is 17.0. The van der Waals surface area contributed by atoms with Crippen molar-refractivity contribution in [3.63, 3.8) is 0 Å². The molecule has 5 heterocycles. The monoisotopic (exact) mass is 452 g/mol. The Morgan fingerprint density at radius 2 is 1.00 bits per heavy atom. The molecule has 0 radical (unpaired) electrons. The Bertz CT molecular complexity index is 1620. The summed E-state index contributed by atoms with van der Waals surface area (Å²) in [4.78, 5) is 20.6. The molecule has 7 rings (SSSR count). The normalized spacial score (nSPS) is 11.9. The smallest absolute Gasteiger partial charge is 0.0973 e. The zero-order valence-electron chi connectivity index (χ0n) is 15.9. The van der Waals surface area contributed by atoms with Crippen LogP contribution in [0, 0.1) is 0 Å². The minimum absolute atomic E-state index is 0.928. The highest BCUT2D eigenvalue weighted by Gasteiger charge is 2.17. The van der Waals surface area contributed by atoms with Gasteiger partial charge in [0.25, 0.3) is 0 Å². The van der Waals surface area contributed by atoms with Crippen LogP contribution in [-0.4, -0.2) is 19.9 Å². The summed E-state index contributed by atoms with van der Waals surface area (Å²) in [5.74, 6) is 0. The first-order valence-electron chi connectivity index (χ1n) is 9.71. The summed E-state index contributed by atoms with van der Waals surface area (Å²) in [7, 11) is 0. The Morgan fingerprint density at radius 1 is 0.516 bits per heavy atom. The van der Waals surface area contributed by atoms with Crippen molar-refractivity contribution in [3.8, 4) is 20.9 Å². The first-order chi connectivity index (χ1) is 15.3. The number of thiophene rings is 3. The fourth-order valence-electron chi connectivity index (χ4n) is 3.98. The molecular weight excluding hydrogens is 440 g/mol. The molecule has 0 amide bonds. The average molecular weight is 453 g/mol. The molecule has 0 saturated carbocycles. The van der Waals surface area contributed by atoms with E-state index in [9.17, 15) is 0 Å². The van der Waals surface area contributed by atoms with Crippen LogP contribution >= 0.6 is 34.0 Å². The number of benzene rings is 2. The summed E-state index contributed by atoms with van der Waals surface area (Å²) in [6.45, 7) is 0. The summed E-state index contributed by atoms with van der Waals surface area (Å²) in [5.41, 5.74) is 6.06. The van der Waals surface area contributed by atoms with E-state index in [1.54, 1.807) is 24.8 Å². The van der Waals surface area contributed by atoms with Gasteiger partial charge in [0.15, 0.2) is 0 Å². The lowest BCUT2D eigenvalue weighted by Crippen LogP contribution is -1.84. The predicted octanol–water partition coefficient (Wildman–Crippen LogP) is 7.40. The van der Waals surface area contributed by atoms with Crippen LogP contribution in [0.25, 0.3) is 61.7 Å². The van der Waals surface area contributed by atoms with Gasteiger partial charge in [-0.1, -0.05) is 24.3 Å². The Balaban J connectivity index is 1.42. The van der Waals surface area contributed by atoms with Crippen LogP contribution < -0.4 is 0 Å². The minimum Gasteiger partial charge on any atom is -0.253 e. The fourth-order valence-corrected chi connectivity index (χ4v) is 8.06. The molecule has 7 heteroatoms. The van der Waals surface area contributed by atoms with E-state index in [0.717, 1.165) is 33.2 Å². The van der Waals surface area contributed by atoms with E-state index in [0.29, 0.717) is 0 Å². The first-order valence-corrected chi connectivity index (χ1v) is 12.2. The number of nitrogens with zero attached hydrogens (tertiary/aromatic N) is 4. The van der Waals surface area contributed by atoms with Crippen molar-refractivity contribution in [2.24, 2.45) is 0 Å². The van der Waals surface area contributed by atoms with Crippen LogP contribution in [-0.2, 0) is 0 Å². The first kappa shape index (κ1) is 17.4. The van der Waals surface area contributed by atoms with Crippen molar-refractivity contribution in [1.29, 1.82) is 0 Å². The van der Waals surface area contributed by atoms with Crippen LogP contribution in [0.3, 0.4) is 0 Å². The second-order valence-corrected chi connectivity index (χ2v) is 10.4. The van der Waals surface area contributed by atoms with Gasteiger partial charge in [0, 0.05) is 55.1 Å². The third-order valence-electron chi connectivity index (χ3n) is 5.35. The van der Waals surface area contributed by atoms with Crippen LogP contribution in [0.15, 0.2) is 73.3 Å². The molecule has 0 bridgehead atoms. The van der Waals surface area contributed by atoms with Crippen molar-refractivity contribution in [1.82, 2.24) is 19.9 Å². The molecule has 0 unspecified atom stereocenters. The van der Waals surface area contributed by atoms with Gasteiger partial charge in [-0.3, -0.25) is 19.9 Å². The van der Waals surface area contributed by atoms with Crippen LogP contribution in [0.1, 0.15) is 0 Å². The SMILES string of the molecule is c1cc(-c2cc3sc4cc(-c5cccc6nccnc56)sc4c3s2)c2nccnc2c1.